The normalized spacial score (nSPS) is 10.5. The van der Waals surface area contributed by atoms with Crippen molar-refractivity contribution in [3.8, 4) is 0 Å². The number of nitrogens with one attached hydrogen (secondary N) is 2. The van der Waals surface area contributed by atoms with Crippen molar-refractivity contribution in [2.75, 3.05) is 0 Å². The van der Waals surface area contributed by atoms with Gasteiger partial charge in [0.15, 0.2) is 0 Å². The van der Waals surface area contributed by atoms with Crippen LogP contribution in [0.15, 0.2) is 0 Å². The van der Waals surface area contributed by atoms with Crippen LogP contribution in [0.4, 0.5) is 0 Å². The molecule has 0 aliphatic rings. The molecule has 0 heterocycles. The molecular formula is C12H36N2Si2. The maximum absolute atomic E-state index is 3.31. The number of hydrogen-bond donors (Lipinski definition) is 2. The fourth-order valence-corrected chi connectivity index (χ4v) is 1.33. The van der Waals surface area contributed by atoms with E-state index in [0.29, 0.717) is 24.2 Å². The van der Waals surface area contributed by atoms with Gasteiger partial charge in [-0.15, -0.1) is 0 Å². The van der Waals surface area contributed by atoms with Gasteiger partial charge in [-0.25, -0.2) is 0 Å². The van der Waals surface area contributed by atoms with Crippen LogP contribution in [0.2, 0.25) is 0 Å². The van der Waals surface area contributed by atoms with E-state index in [4.69, 9.17) is 0 Å². The molecule has 0 saturated carbocycles. The zero-order chi connectivity index (χ0) is 13.7. The van der Waals surface area contributed by atoms with Crippen LogP contribution in [0.3, 0.4) is 0 Å². The SMILES string of the molecule is CC(C)NC(C)C.CC(C)NC(C)C.[SiH3][SiH3]. The lowest BCUT2D eigenvalue weighted by Gasteiger charge is -2.10. The quantitative estimate of drug-likeness (QED) is 0.719. The maximum atomic E-state index is 3.31. The molecule has 4 heteroatoms. The number of rotatable bonds is 4. The Bertz CT molecular complexity index is 89.6. The lowest BCUT2D eigenvalue weighted by molar-refractivity contribution is 0.518. The molecule has 2 nitrogen and oxygen atoms in total. The van der Waals surface area contributed by atoms with Gasteiger partial charge >= 0.3 is 0 Å². The molecule has 2 N–H and O–H groups in total. The molecule has 0 spiro atoms. The van der Waals surface area contributed by atoms with Crippen LogP contribution >= 0.6 is 0 Å². The molecule has 102 valence electrons. The Balaban J connectivity index is -0.000000183. The van der Waals surface area contributed by atoms with Gasteiger partial charge in [-0.1, -0.05) is 55.4 Å². The largest absolute Gasteiger partial charge is 0.312 e. The summed E-state index contributed by atoms with van der Waals surface area (Å²) in [5.41, 5.74) is 0. The highest BCUT2D eigenvalue weighted by Crippen LogP contribution is 1.81. The highest BCUT2D eigenvalue weighted by molar-refractivity contribution is 6.75. The molecular weight excluding hydrogens is 228 g/mol. The summed E-state index contributed by atoms with van der Waals surface area (Å²) in [4.78, 5) is 0. The summed E-state index contributed by atoms with van der Waals surface area (Å²) in [6.07, 6.45) is 0. The lowest BCUT2D eigenvalue weighted by atomic mass is 10.3. The Kier molecular flexibility index (Phi) is 20.7. The van der Waals surface area contributed by atoms with Crippen molar-refractivity contribution in [1.82, 2.24) is 10.6 Å². The van der Waals surface area contributed by atoms with Crippen LogP contribution in [0.1, 0.15) is 55.4 Å². The van der Waals surface area contributed by atoms with Crippen molar-refractivity contribution >= 4 is 19.5 Å². The Morgan fingerprint density at radius 1 is 0.500 bits per heavy atom. The molecule has 0 aliphatic heterocycles. The van der Waals surface area contributed by atoms with Crippen molar-refractivity contribution in [2.24, 2.45) is 0 Å². The second-order valence-corrected chi connectivity index (χ2v) is 4.95. The first-order valence-corrected chi connectivity index (χ1v) is 14.8. The second kappa shape index (κ2) is 15.4. The van der Waals surface area contributed by atoms with Crippen molar-refractivity contribution in [3.05, 3.63) is 0 Å². The summed E-state index contributed by atoms with van der Waals surface area (Å²) in [6, 6.07) is 2.50. The van der Waals surface area contributed by atoms with Gasteiger partial charge in [0.05, 0.1) is 0 Å². The fourth-order valence-electron chi connectivity index (χ4n) is 1.33. The molecule has 0 atom stereocenters. The first kappa shape index (κ1) is 21.6. The summed E-state index contributed by atoms with van der Waals surface area (Å²) in [6.45, 7) is 17.2. The smallest absolute Gasteiger partial charge is 0.00127 e. The monoisotopic (exact) mass is 264 g/mol. The van der Waals surface area contributed by atoms with Crippen molar-refractivity contribution in [3.63, 3.8) is 0 Å². The standard InChI is InChI=1S/2C6H15N.H6Si2/c2*1-5(2)7-6(3)4;1-2/h2*5-7H,1-4H3;1-2H3. The molecule has 0 fully saturated rings. The van der Waals surface area contributed by atoms with E-state index in [2.05, 4.69) is 66.0 Å². The molecule has 0 aromatic rings. The Labute approximate surface area is 110 Å². The number of hydrogen-bond acceptors (Lipinski definition) is 2. The zero-order valence-corrected chi connectivity index (χ0v) is 17.3. The van der Waals surface area contributed by atoms with Crippen molar-refractivity contribution < 1.29 is 0 Å². The molecule has 0 bridgehead atoms. The van der Waals surface area contributed by atoms with Gasteiger partial charge in [0.25, 0.3) is 0 Å². The summed E-state index contributed by atoms with van der Waals surface area (Å²) in [5, 5.41) is 6.61. The Morgan fingerprint density at radius 3 is 0.625 bits per heavy atom. The zero-order valence-electron chi connectivity index (χ0n) is 13.3. The highest BCUT2D eigenvalue weighted by atomic mass is 29.1. The average molecular weight is 265 g/mol. The fraction of sp³-hybridized carbons (Fsp3) is 1.00. The minimum absolute atomic E-state index is 0.625. The first-order chi connectivity index (χ1) is 7.25. The van der Waals surface area contributed by atoms with Crippen molar-refractivity contribution in [2.45, 2.75) is 79.6 Å². The summed E-state index contributed by atoms with van der Waals surface area (Å²) in [7, 11) is 2.89. The van der Waals surface area contributed by atoms with Gasteiger partial charge < -0.3 is 10.6 Å². The van der Waals surface area contributed by atoms with Gasteiger partial charge in [0, 0.05) is 24.2 Å². The van der Waals surface area contributed by atoms with Crippen LogP contribution < -0.4 is 10.6 Å². The van der Waals surface area contributed by atoms with E-state index in [-0.39, 0.29) is 0 Å². The van der Waals surface area contributed by atoms with E-state index in [1.807, 2.05) is 0 Å². The second-order valence-electron chi connectivity index (χ2n) is 4.95. The van der Waals surface area contributed by atoms with Gasteiger partial charge in [0.1, 0.15) is 0 Å². The minimum Gasteiger partial charge on any atom is -0.312 e. The molecule has 0 aromatic heterocycles. The van der Waals surface area contributed by atoms with Gasteiger partial charge in [-0.3, -0.25) is 0 Å². The molecule has 0 aromatic carbocycles. The molecule has 0 amide bonds. The molecule has 0 unspecified atom stereocenters. The van der Waals surface area contributed by atoms with Crippen LogP contribution in [-0.4, -0.2) is 43.7 Å². The van der Waals surface area contributed by atoms with E-state index >= 15 is 0 Å². The summed E-state index contributed by atoms with van der Waals surface area (Å²) in [5.74, 6) is 0. The molecule has 0 aliphatic carbocycles. The van der Waals surface area contributed by atoms with Crippen LogP contribution in [0, 0.1) is 0 Å². The van der Waals surface area contributed by atoms with E-state index in [0.717, 1.165) is 0 Å². The molecule has 0 saturated heterocycles. The van der Waals surface area contributed by atoms with E-state index in [1.165, 1.54) is 19.5 Å². The predicted molar refractivity (Wildman–Crippen MR) is 86.7 cm³/mol. The maximum Gasteiger partial charge on any atom is 0.00127 e. The summed E-state index contributed by atoms with van der Waals surface area (Å²) >= 11 is 0. The lowest BCUT2D eigenvalue weighted by Crippen LogP contribution is -2.29. The van der Waals surface area contributed by atoms with Crippen LogP contribution in [0.5, 0.6) is 0 Å². The summed E-state index contributed by atoms with van der Waals surface area (Å²) < 4.78 is 0. The molecule has 0 radical (unpaired) electrons. The van der Waals surface area contributed by atoms with E-state index in [1.54, 1.807) is 0 Å². The van der Waals surface area contributed by atoms with Gasteiger partial charge in [-0.2, -0.15) is 0 Å². The van der Waals surface area contributed by atoms with E-state index < -0.39 is 0 Å². The third-order valence-electron chi connectivity index (χ3n) is 1.33. The molecule has 0 rings (SSSR count). The topological polar surface area (TPSA) is 24.1 Å². The first-order valence-electron chi connectivity index (χ1n) is 6.77. The Hall–Kier alpha value is 0.354. The minimum atomic E-state index is 0.625. The van der Waals surface area contributed by atoms with Gasteiger partial charge in [0.2, 0.25) is 0 Å². The molecule has 16 heavy (non-hydrogen) atoms. The van der Waals surface area contributed by atoms with Gasteiger partial charge in [-0.05, 0) is 19.5 Å². The Morgan fingerprint density at radius 2 is 0.625 bits per heavy atom. The third-order valence-corrected chi connectivity index (χ3v) is 1.33. The van der Waals surface area contributed by atoms with Crippen LogP contribution in [-0.2, 0) is 0 Å². The predicted octanol–water partition coefficient (Wildman–Crippen LogP) is 0.418. The van der Waals surface area contributed by atoms with Crippen LogP contribution in [0.25, 0.3) is 0 Å². The average Bonchev–Trinajstić information content (AvgIpc) is 2.03. The third kappa shape index (κ3) is 36.7. The van der Waals surface area contributed by atoms with Crippen molar-refractivity contribution in [1.29, 1.82) is 0 Å². The highest BCUT2D eigenvalue weighted by Gasteiger charge is 1.93. The van der Waals surface area contributed by atoms with E-state index in [9.17, 15) is 0 Å².